The summed E-state index contributed by atoms with van der Waals surface area (Å²) in [5.74, 6) is 0. The number of pyridine rings is 1. The smallest absolute Gasteiger partial charge is 0.109 e. The quantitative estimate of drug-likeness (QED) is 0.625. The van der Waals surface area contributed by atoms with Crippen molar-refractivity contribution in [3.05, 3.63) is 24.0 Å². The Hall–Kier alpha value is -1.64. The molecule has 0 radical (unpaired) electrons. The maximum absolute atomic E-state index is 9.58. The molecule has 2 atom stereocenters. The van der Waals surface area contributed by atoms with E-state index in [4.69, 9.17) is 11.0 Å². The molecule has 0 aliphatic rings. The highest BCUT2D eigenvalue weighted by atomic mass is 16.3. The number of rotatable bonds is 3. The lowest BCUT2D eigenvalue weighted by molar-refractivity contribution is 0.0219. The molecule has 0 saturated heterocycles. The Balaban J connectivity index is 2.84. The maximum atomic E-state index is 9.58. The number of hydrogen-bond donors (Lipinski definition) is 3. The summed E-state index contributed by atoms with van der Waals surface area (Å²) >= 11 is 0. The van der Waals surface area contributed by atoms with Crippen LogP contribution in [0, 0.1) is 11.3 Å². The van der Waals surface area contributed by atoms with E-state index < -0.39 is 12.2 Å². The largest absolute Gasteiger partial charge is 0.398 e. The number of aromatic nitrogens is 1. The zero-order chi connectivity index (χ0) is 10.6. The van der Waals surface area contributed by atoms with Gasteiger partial charge in [0.15, 0.2) is 0 Å². The van der Waals surface area contributed by atoms with E-state index in [1.54, 1.807) is 6.07 Å². The van der Waals surface area contributed by atoms with E-state index in [-0.39, 0.29) is 6.42 Å². The molecule has 0 bridgehead atoms. The van der Waals surface area contributed by atoms with Crippen LogP contribution in [-0.2, 0) is 0 Å². The van der Waals surface area contributed by atoms with Crippen molar-refractivity contribution in [2.24, 2.45) is 0 Å². The number of nitriles is 1. The van der Waals surface area contributed by atoms with Crippen LogP contribution in [0.5, 0.6) is 0 Å². The van der Waals surface area contributed by atoms with E-state index in [2.05, 4.69) is 4.98 Å². The lowest BCUT2D eigenvalue weighted by Gasteiger charge is -2.16. The number of aliphatic hydroxyl groups is 2. The molecule has 0 aromatic carbocycles. The lowest BCUT2D eigenvalue weighted by Crippen LogP contribution is -2.18. The van der Waals surface area contributed by atoms with Crippen molar-refractivity contribution in [2.45, 2.75) is 18.6 Å². The van der Waals surface area contributed by atoms with Crippen LogP contribution in [0.15, 0.2) is 18.5 Å². The maximum Gasteiger partial charge on any atom is 0.109 e. The summed E-state index contributed by atoms with van der Waals surface area (Å²) in [6.07, 6.45) is 0.424. The van der Waals surface area contributed by atoms with Crippen LogP contribution < -0.4 is 5.73 Å². The standard InChI is InChI=1S/C9H11N3O2/c10-3-1-8(13)9(14)6-5-12-4-2-7(6)11/h2,4-5,8-9,13-14H,1H2,(H2,11,12). The van der Waals surface area contributed by atoms with Gasteiger partial charge in [-0.3, -0.25) is 4.98 Å². The van der Waals surface area contributed by atoms with Gasteiger partial charge < -0.3 is 15.9 Å². The number of nitrogens with zero attached hydrogens (tertiary/aromatic N) is 2. The fraction of sp³-hybridized carbons (Fsp3) is 0.333. The second-order valence-electron chi connectivity index (χ2n) is 2.88. The van der Waals surface area contributed by atoms with Gasteiger partial charge in [0.05, 0.1) is 18.6 Å². The highest BCUT2D eigenvalue weighted by Gasteiger charge is 2.20. The van der Waals surface area contributed by atoms with Gasteiger partial charge >= 0.3 is 0 Å². The first-order valence-corrected chi connectivity index (χ1v) is 4.09. The van der Waals surface area contributed by atoms with Gasteiger partial charge in [-0.2, -0.15) is 5.26 Å². The van der Waals surface area contributed by atoms with Crippen LogP contribution in [0.4, 0.5) is 5.69 Å². The molecule has 0 fully saturated rings. The van der Waals surface area contributed by atoms with E-state index in [0.717, 1.165) is 0 Å². The summed E-state index contributed by atoms with van der Waals surface area (Å²) in [5, 5.41) is 27.3. The minimum atomic E-state index is -1.16. The Morgan fingerprint density at radius 3 is 2.86 bits per heavy atom. The summed E-state index contributed by atoms with van der Waals surface area (Å²) < 4.78 is 0. The highest BCUT2D eigenvalue weighted by molar-refractivity contribution is 5.45. The second-order valence-corrected chi connectivity index (χ2v) is 2.88. The molecule has 5 nitrogen and oxygen atoms in total. The molecule has 0 aliphatic heterocycles. The van der Waals surface area contributed by atoms with E-state index in [1.807, 2.05) is 0 Å². The number of aliphatic hydroxyl groups excluding tert-OH is 2. The first kappa shape index (κ1) is 10.4. The van der Waals surface area contributed by atoms with Crippen LogP contribution in [-0.4, -0.2) is 21.3 Å². The van der Waals surface area contributed by atoms with E-state index in [9.17, 15) is 10.2 Å². The van der Waals surface area contributed by atoms with Gasteiger partial charge in [0.25, 0.3) is 0 Å². The molecule has 0 amide bonds. The number of hydrogen-bond acceptors (Lipinski definition) is 5. The SMILES string of the molecule is N#CCC(O)C(O)c1cnccc1N. The van der Waals surface area contributed by atoms with E-state index >= 15 is 0 Å². The Labute approximate surface area is 81.4 Å². The third kappa shape index (κ3) is 2.19. The molecule has 0 saturated carbocycles. The molecule has 4 N–H and O–H groups in total. The van der Waals surface area contributed by atoms with E-state index in [1.165, 1.54) is 18.5 Å². The van der Waals surface area contributed by atoms with Crippen molar-refractivity contribution in [3.63, 3.8) is 0 Å². The van der Waals surface area contributed by atoms with Crippen LogP contribution in [0.3, 0.4) is 0 Å². The van der Waals surface area contributed by atoms with Crippen molar-refractivity contribution >= 4 is 5.69 Å². The van der Waals surface area contributed by atoms with Crippen molar-refractivity contribution in [1.82, 2.24) is 4.98 Å². The minimum absolute atomic E-state index is 0.143. The number of nitrogen functional groups attached to an aromatic ring is 1. The molecule has 1 heterocycles. The molecule has 1 rings (SSSR count). The zero-order valence-electron chi connectivity index (χ0n) is 7.46. The molecule has 0 aliphatic carbocycles. The van der Waals surface area contributed by atoms with Gasteiger partial charge in [-0.05, 0) is 6.07 Å². The number of nitrogens with two attached hydrogens (primary N) is 1. The Bertz CT molecular complexity index is 348. The summed E-state index contributed by atoms with van der Waals surface area (Å²) in [4.78, 5) is 3.78. The lowest BCUT2D eigenvalue weighted by atomic mass is 10.0. The highest BCUT2D eigenvalue weighted by Crippen LogP contribution is 2.22. The summed E-state index contributed by atoms with van der Waals surface area (Å²) in [6, 6.07) is 3.29. The third-order valence-electron chi connectivity index (χ3n) is 1.87. The topological polar surface area (TPSA) is 103 Å². The molecule has 1 aromatic heterocycles. The summed E-state index contributed by atoms with van der Waals surface area (Å²) in [7, 11) is 0. The predicted molar refractivity (Wildman–Crippen MR) is 49.8 cm³/mol. The van der Waals surface area contributed by atoms with Crippen molar-refractivity contribution < 1.29 is 10.2 Å². The predicted octanol–water partition coefficient (Wildman–Crippen LogP) is -0.0282. The molecular weight excluding hydrogens is 182 g/mol. The molecule has 2 unspecified atom stereocenters. The monoisotopic (exact) mass is 193 g/mol. The van der Waals surface area contributed by atoms with Gasteiger partial charge in [-0.1, -0.05) is 0 Å². The normalized spacial score (nSPS) is 14.4. The van der Waals surface area contributed by atoms with Gasteiger partial charge in [0, 0.05) is 23.6 Å². The first-order valence-electron chi connectivity index (χ1n) is 4.09. The van der Waals surface area contributed by atoms with Gasteiger partial charge in [-0.25, -0.2) is 0 Å². The van der Waals surface area contributed by atoms with Crippen LogP contribution >= 0.6 is 0 Å². The van der Waals surface area contributed by atoms with Gasteiger partial charge in [0.2, 0.25) is 0 Å². The molecule has 14 heavy (non-hydrogen) atoms. The minimum Gasteiger partial charge on any atom is -0.398 e. The molecule has 5 heteroatoms. The second kappa shape index (κ2) is 4.56. The van der Waals surface area contributed by atoms with Crippen LogP contribution in [0.25, 0.3) is 0 Å². The fourth-order valence-corrected chi connectivity index (χ4v) is 1.08. The first-order chi connectivity index (χ1) is 6.66. The molecular formula is C9H11N3O2. The fourth-order valence-electron chi connectivity index (χ4n) is 1.08. The van der Waals surface area contributed by atoms with Crippen molar-refractivity contribution in [3.8, 4) is 6.07 Å². The summed E-state index contributed by atoms with van der Waals surface area (Å²) in [6.45, 7) is 0. The molecule has 1 aromatic rings. The average molecular weight is 193 g/mol. The van der Waals surface area contributed by atoms with Gasteiger partial charge in [-0.15, -0.1) is 0 Å². The van der Waals surface area contributed by atoms with Crippen molar-refractivity contribution in [2.75, 3.05) is 5.73 Å². The van der Waals surface area contributed by atoms with Crippen molar-refractivity contribution in [1.29, 1.82) is 5.26 Å². The Morgan fingerprint density at radius 2 is 2.29 bits per heavy atom. The zero-order valence-corrected chi connectivity index (χ0v) is 7.46. The van der Waals surface area contributed by atoms with E-state index in [0.29, 0.717) is 11.3 Å². The Kier molecular flexibility index (Phi) is 3.40. The third-order valence-corrected chi connectivity index (χ3v) is 1.87. The Morgan fingerprint density at radius 1 is 1.57 bits per heavy atom. The van der Waals surface area contributed by atoms with Gasteiger partial charge in [0.1, 0.15) is 6.10 Å². The average Bonchev–Trinajstić information content (AvgIpc) is 2.18. The number of anilines is 1. The van der Waals surface area contributed by atoms with Crippen LogP contribution in [0.1, 0.15) is 18.1 Å². The molecule has 74 valence electrons. The van der Waals surface area contributed by atoms with Crippen LogP contribution in [0.2, 0.25) is 0 Å². The summed E-state index contributed by atoms with van der Waals surface area (Å²) in [5.41, 5.74) is 6.26. The molecule has 0 spiro atoms.